The minimum atomic E-state index is -0.173. The van der Waals surface area contributed by atoms with Gasteiger partial charge in [-0.3, -0.25) is 4.79 Å². The van der Waals surface area contributed by atoms with E-state index in [9.17, 15) is 4.79 Å². The molecule has 1 aliphatic rings. The Morgan fingerprint density at radius 2 is 2.16 bits per heavy atom. The molecular weight excluding hydrogens is 400 g/mol. The first-order valence-corrected chi connectivity index (χ1v) is 11.5. The second-order valence-electron chi connectivity index (χ2n) is 9.15. The summed E-state index contributed by atoms with van der Waals surface area (Å²) in [5, 5.41) is 4.79. The summed E-state index contributed by atoms with van der Waals surface area (Å²) in [5.74, 6) is 0.0858. The molecule has 0 aliphatic heterocycles. The van der Waals surface area contributed by atoms with Gasteiger partial charge < -0.3 is 19.6 Å². The number of carbonyl (C=O) groups excluding carboxylic acids is 1. The zero-order valence-electron chi connectivity index (χ0n) is 18.7. The predicted octanol–water partition coefficient (Wildman–Crippen LogP) is 5.26. The summed E-state index contributed by atoms with van der Waals surface area (Å²) < 4.78 is 5.43. The molecule has 2 aromatic heterocycles. The lowest BCUT2D eigenvalue weighted by Crippen LogP contribution is -2.55. The quantitative estimate of drug-likeness (QED) is 0.437. The minimum Gasteiger partial charge on any atom is -0.443 e. The number of amides is 1. The molecule has 1 amide bonds. The molecule has 32 heavy (non-hydrogen) atoms. The highest BCUT2D eigenvalue weighted by Gasteiger charge is 2.39. The smallest absolute Gasteiger partial charge is 0.270 e. The maximum Gasteiger partial charge on any atom is 0.270 e. The number of fused-ring (bicyclic) bond motifs is 2. The third-order valence-corrected chi connectivity index (χ3v) is 6.92. The van der Waals surface area contributed by atoms with Crippen LogP contribution in [0.3, 0.4) is 0 Å². The van der Waals surface area contributed by atoms with Gasteiger partial charge in [-0.15, -0.1) is 0 Å². The summed E-state index contributed by atoms with van der Waals surface area (Å²) >= 11 is 0. The molecule has 5 rings (SSSR count). The van der Waals surface area contributed by atoms with E-state index in [1.165, 1.54) is 12.0 Å². The third kappa shape index (κ3) is 3.91. The first kappa shape index (κ1) is 20.8. The van der Waals surface area contributed by atoms with Crippen LogP contribution in [0.2, 0.25) is 0 Å². The van der Waals surface area contributed by atoms with Gasteiger partial charge in [-0.1, -0.05) is 24.3 Å². The van der Waals surface area contributed by atoms with Crippen molar-refractivity contribution in [1.82, 2.24) is 20.2 Å². The SMILES string of the molecule is CCN(C(=O)c1cc2ccccc2[nH]1)C1(C)CCC[C@@H](NCc2ccc3ncoc3c2)C1. The van der Waals surface area contributed by atoms with Gasteiger partial charge in [-0.05, 0) is 69.4 Å². The largest absolute Gasteiger partial charge is 0.443 e. The van der Waals surface area contributed by atoms with Crippen LogP contribution in [0.15, 0.2) is 59.3 Å². The zero-order chi connectivity index (χ0) is 22.1. The van der Waals surface area contributed by atoms with E-state index in [0.717, 1.165) is 54.2 Å². The van der Waals surface area contributed by atoms with Gasteiger partial charge >= 0.3 is 0 Å². The highest BCUT2D eigenvalue weighted by atomic mass is 16.3. The summed E-state index contributed by atoms with van der Waals surface area (Å²) in [5.41, 5.74) is 4.39. The number of hydrogen-bond acceptors (Lipinski definition) is 4. The van der Waals surface area contributed by atoms with E-state index in [0.29, 0.717) is 18.3 Å². The maximum atomic E-state index is 13.5. The van der Waals surface area contributed by atoms with E-state index in [2.05, 4.69) is 46.2 Å². The molecule has 2 atom stereocenters. The lowest BCUT2D eigenvalue weighted by atomic mass is 9.78. The fraction of sp³-hybridized carbons (Fsp3) is 0.385. The lowest BCUT2D eigenvalue weighted by Gasteiger charge is -2.46. The molecule has 1 saturated carbocycles. The summed E-state index contributed by atoms with van der Waals surface area (Å²) in [4.78, 5) is 23.1. The Kier molecular flexibility index (Phi) is 5.47. The van der Waals surface area contributed by atoms with Crippen LogP contribution in [-0.2, 0) is 6.54 Å². The molecule has 1 unspecified atom stereocenters. The zero-order valence-corrected chi connectivity index (χ0v) is 18.7. The van der Waals surface area contributed by atoms with E-state index in [1.807, 2.05) is 36.4 Å². The molecule has 166 valence electrons. The molecule has 6 heteroatoms. The van der Waals surface area contributed by atoms with Crippen molar-refractivity contribution in [1.29, 1.82) is 0 Å². The van der Waals surface area contributed by atoms with Crippen LogP contribution in [0, 0.1) is 0 Å². The Morgan fingerprint density at radius 3 is 3.00 bits per heavy atom. The first-order chi connectivity index (χ1) is 15.6. The number of carbonyl (C=O) groups is 1. The summed E-state index contributed by atoms with van der Waals surface area (Å²) in [6, 6.07) is 16.5. The van der Waals surface area contributed by atoms with Crippen LogP contribution < -0.4 is 5.32 Å². The van der Waals surface area contributed by atoms with Crippen molar-refractivity contribution < 1.29 is 9.21 Å². The molecule has 0 bridgehead atoms. The molecule has 1 aliphatic carbocycles. The number of benzene rings is 2. The van der Waals surface area contributed by atoms with E-state index < -0.39 is 0 Å². The van der Waals surface area contributed by atoms with Crippen molar-refractivity contribution in [2.75, 3.05) is 6.54 Å². The number of nitrogens with zero attached hydrogens (tertiary/aromatic N) is 2. The van der Waals surface area contributed by atoms with Gasteiger partial charge in [0.15, 0.2) is 12.0 Å². The molecule has 0 radical (unpaired) electrons. The highest BCUT2D eigenvalue weighted by molar-refractivity contribution is 5.98. The molecule has 2 aromatic carbocycles. The van der Waals surface area contributed by atoms with Gasteiger partial charge in [0.1, 0.15) is 11.2 Å². The summed E-state index contributed by atoms with van der Waals surface area (Å²) in [7, 11) is 0. The van der Waals surface area contributed by atoms with Crippen LogP contribution in [0.1, 0.15) is 55.6 Å². The molecule has 2 heterocycles. The Hall–Kier alpha value is -3.12. The first-order valence-electron chi connectivity index (χ1n) is 11.5. The second-order valence-corrected chi connectivity index (χ2v) is 9.15. The average Bonchev–Trinajstić information content (AvgIpc) is 3.44. The predicted molar refractivity (Wildman–Crippen MR) is 127 cm³/mol. The number of aromatic amines is 1. The normalized spacial score (nSPS) is 21.2. The van der Waals surface area contributed by atoms with Gasteiger partial charge in [-0.25, -0.2) is 4.98 Å². The molecule has 0 saturated heterocycles. The highest BCUT2D eigenvalue weighted by Crippen LogP contribution is 2.35. The lowest BCUT2D eigenvalue weighted by molar-refractivity contribution is 0.0365. The number of para-hydroxylation sites is 1. The Balaban J connectivity index is 1.29. The number of oxazole rings is 1. The molecule has 2 N–H and O–H groups in total. The number of aromatic nitrogens is 2. The Labute approximate surface area is 188 Å². The minimum absolute atomic E-state index is 0.0858. The van der Waals surface area contributed by atoms with Gasteiger partial charge in [0.2, 0.25) is 0 Å². The van der Waals surface area contributed by atoms with Crippen molar-refractivity contribution in [3.8, 4) is 0 Å². The van der Waals surface area contributed by atoms with Crippen molar-refractivity contribution in [3.63, 3.8) is 0 Å². The fourth-order valence-corrected chi connectivity index (χ4v) is 5.26. The Bertz CT molecular complexity index is 1210. The molecule has 0 spiro atoms. The summed E-state index contributed by atoms with van der Waals surface area (Å²) in [6.07, 6.45) is 5.67. The molecular formula is C26H30N4O2. The molecule has 4 aromatic rings. The van der Waals surface area contributed by atoms with Crippen LogP contribution in [0.25, 0.3) is 22.0 Å². The number of rotatable bonds is 6. The van der Waals surface area contributed by atoms with E-state index >= 15 is 0 Å². The second kappa shape index (κ2) is 8.43. The van der Waals surface area contributed by atoms with Crippen LogP contribution in [-0.4, -0.2) is 38.9 Å². The molecule has 1 fully saturated rings. The van der Waals surface area contributed by atoms with E-state index in [-0.39, 0.29) is 11.4 Å². The van der Waals surface area contributed by atoms with Crippen molar-refractivity contribution in [2.24, 2.45) is 0 Å². The third-order valence-electron chi connectivity index (χ3n) is 6.92. The standard InChI is InChI=1S/C26H30N4O2/c1-3-30(25(31)23-14-19-7-4-5-9-21(19)29-23)26(2)12-6-8-20(15-26)27-16-18-10-11-22-24(13-18)32-17-28-22/h4-5,7,9-11,13-14,17,20,27,29H,3,6,8,12,15-16H2,1-2H3/t20-,26?/m1/s1. The monoisotopic (exact) mass is 430 g/mol. The number of H-pyrrole nitrogens is 1. The summed E-state index contributed by atoms with van der Waals surface area (Å²) in [6.45, 7) is 5.79. The molecule has 6 nitrogen and oxygen atoms in total. The maximum absolute atomic E-state index is 13.5. The van der Waals surface area contributed by atoms with E-state index in [1.54, 1.807) is 0 Å². The van der Waals surface area contributed by atoms with Crippen molar-refractivity contribution >= 4 is 27.9 Å². The topological polar surface area (TPSA) is 74.2 Å². The van der Waals surface area contributed by atoms with Crippen molar-refractivity contribution in [3.05, 3.63) is 66.2 Å². The number of nitrogens with one attached hydrogen (secondary N) is 2. The van der Waals surface area contributed by atoms with Crippen LogP contribution in [0.5, 0.6) is 0 Å². The fourth-order valence-electron chi connectivity index (χ4n) is 5.26. The number of hydrogen-bond donors (Lipinski definition) is 2. The van der Waals surface area contributed by atoms with Gasteiger partial charge in [0.05, 0.1) is 0 Å². The van der Waals surface area contributed by atoms with Gasteiger partial charge in [0.25, 0.3) is 5.91 Å². The van der Waals surface area contributed by atoms with E-state index in [4.69, 9.17) is 4.42 Å². The average molecular weight is 431 g/mol. The van der Waals surface area contributed by atoms with Gasteiger partial charge in [0, 0.05) is 35.6 Å². The van der Waals surface area contributed by atoms with Crippen LogP contribution >= 0.6 is 0 Å². The van der Waals surface area contributed by atoms with Crippen LogP contribution in [0.4, 0.5) is 0 Å². The van der Waals surface area contributed by atoms with Crippen molar-refractivity contribution in [2.45, 2.75) is 57.7 Å². The van der Waals surface area contributed by atoms with Gasteiger partial charge in [-0.2, -0.15) is 0 Å². The Morgan fingerprint density at radius 1 is 1.28 bits per heavy atom.